The number of nitrogens with zero attached hydrogens (tertiary/aromatic N) is 1. The molecule has 1 aromatic heterocycles. The van der Waals surface area contributed by atoms with E-state index in [2.05, 4.69) is 5.32 Å². The molecule has 2 rings (SSSR count). The van der Waals surface area contributed by atoms with Crippen molar-refractivity contribution in [1.29, 1.82) is 0 Å². The molecule has 0 radical (unpaired) electrons. The Morgan fingerprint density at radius 1 is 1.62 bits per heavy atom. The number of ether oxygens (including phenoxy) is 1. The van der Waals surface area contributed by atoms with Crippen LogP contribution in [0.2, 0.25) is 0 Å². The number of nitrogens with one attached hydrogen (secondary N) is 1. The lowest BCUT2D eigenvalue weighted by Crippen LogP contribution is -2.48. The molecule has 0 aliphatic carbocycles. The number of aliphatic carboxylic acids is 1. The Labute approximate surface area is 127 Å². The Morgan fingerprint density at radius 2 is 2.38 bits per heavy atom. The topological polar surface area (TPSA) is 78.9 Å². The van der Waals surface area contributed by atoms with Crippen LogP contribution in [0.1, 0.15) is 23.4 Å². The molecule has 0 saturated heterocycles. The number of amides is 2. The van der Waals surface area contributed by atoms with Crippen molar-refractivity contribution in [3.05, 3.63) is 21.9 Å². The molecule has 2 atom stereocenters. The lowest BCUT2D eigenvalue weighted by molar-refractivity contribution is -0.142. The normalized spacial score (nSPS) is 19.0. The van der Waals surface area contributed by atoms with Crippen molar-refractivity contribution in [2.45, 2.75) is 19.4 Å². The van der Waals surface area contributed by atoms with Crippen LogP contribution in [-0.4, -0.2) is 48.8 Å². The Kier molecular flexibility index (Phi) is 5.19. The summed E-state index contributed by atoms with van der Waals surface area (Å²) in [6, 6.07) is 0.575. The molecule has 0 spiro atoms. The number of fused-ring (bicyclic) bond motifs is 1. The van der Waals surface area contributed by atoms with E-state index in [1.54, 1.807) is 24.5 Å². The number of carbonyl (C=O) groups is 2. The summed E-state index contributed by atoms with van der Waals surface area (Å²) >= 11 is 1.55. The second-order valence-corrected chi connectivity index (χ2v) is 6.23. The number of urea groups is 1. The minimum Gasteiger partial charge on any atom is -0.479 e. The molecule has 2 amide bonds. The first kappa shape index (κ1) is 15.8. The van der Waals surface area contributed by atoms with Gasteiger partial charge >= 0.3 is 12.0 Å². The fourth-order valence-electron chi connectivity index (χ4n) is 2.51. The van der Waals surface area contributed by atoms with Gasteiger partial charge in [0.1, 0.15) is 0 Å². The van der Waals surface area contributed by atoms with Crippen LogP contribution >= 0.6 is 11.3 Å². The number of methoxy groups -OCH3 is 1. The molecule has 1 aliphatic rings. The van der Waals surface area contributed by atoms with Gasteiger partial charge in [0.15, 0.2) is 6.04 Å². The molecular weight excluding hydrogens is 292 g/mol. The highest BCUT2D eigenvalue weighted by Crippen LogP contribution is 2.33. The quantitative estimate of drug-likeness (QED) is 0.868. The maximum absolute atomic E-state index is 12.3. The third-order valence-electron chi connectivity index (χ3n) is 3.51. The molecule has 1 aliphatic heterocycles. The molecule has 0 aromatic carbocycles. The van der Waals surface area contributed by atoms with Gasteiger partial charge in [-0.25, -0.2) is 9.59 Å². The number of carboxylic acid groups (broad SMARTS) is 1. The summed E-state index contributed by atoms with van der Waals surface area (Å²) in [6.45, 7) is 3.41. The van der Waals surface area contributed by atoms with Crippen molar-refractivity contribution < 1.29 is 19.4 Å². The number of hydrogen-bond acceptors (Lipinski definition) is 4. The van der Waals surface area contributed by atoms with Crippen LogP contribution in [0.15, 0.2) is 11.4 Å². The summed E-state index contributed by atoms with van der Waals surface area (Å²) in [5.41, 5.74) is 0.735. The predicted octanol–water partition coefficient (Wildman–Crippen LogP) is 1.72. The van der Waals surface area contributed by atoms with E-state index in [-0.39, 0.29) is 11.9 Å². The molecular formula is C14H20N2O4S. The van der Waals surface area contributed by atoms with Crippen LogP contribution in [0.25, 0.3) is 0 Å². The third-order valence-corrected chi connectivity index (χ3v) is 4.51. The number of thiophene rings is 1. The molecule has 7 heteroatoms. The highest BCUT2D eigenvalue weighted by molar-refractivity contribution is 7.10. The Hall–Kier alpha value is -1.60. The van der Waals surface area contributed by atoms with Gasteiger partial charge in [0.05, 0.1) is 6.61 Å². The predicted molar refractivity (Wildman–Crippen MR) is 79.5 cm³/mol. The lowest BCUT2D eigenvalue weighted by Gasteiger charge is -2.33. The van der Waals surface area contributed by atoms with Gasteiger partial charge in [-0.1, -0.05) is 6.92 Å². The molecule has 21 heavy (non-hydrogen) atoms. The Balaban J connectivity index is 2.05. The fourth-order valence-corrected chi connectivity index (χ4v) is 3.41. The van der Waals surface area contributed by atoms with E-state index in [0.29, 0.717) is 26.1 Å². The van der Waals surface area contributed by atoms with Crippen molar-refractivity contribution in [2.24, 2.45) is 5.92 Å². The summed E-state index contributed by atoms with van der Waals surface area (Å²) in [5.74, 6) is -0.807. The Bertz CT molecular complexity index is 517. The molecule has 2 heterocycles. The van der Waals surface area contributed by atoms with Gasteiger partial charge in [0, 0.05) is 25.1 Å². The second-order valence-electron chi connectivity index (χ2n) is 5.23. The van der Waals surface area contributed by atoms with E-state index in [0.717, 1.165) is 10.4 Å². The van der Waals surface area contributed by atoms with Gasteiger partial charge < -0.3 is 20.1 Å². The first-order chi connectivity index (χ1) is 10.0. The van der Waals surface area contributed by atoms with E-state index in [4.69, 9.17) is 4.74 Å². The van der Waals surface area contributed by atoms with Crippen molar-refractivity contribution in [3.8, 4) is 0 Å². The summed E-state index contributed by atoms with van der Waals surface area (Å²) in [5, 5.41) is 14.1. The van der Waals surface area contributed by atoms with Crippen LogP contribution in [0.4, 0.5) is 4.79 Å². The van der Waals surface area contributed by atoms with Crippen LogP contribution in [0.5, 0.6) is 0 Å². The number of hydrogen-bond donors (Lipinski definition) is 2. The molecule has 2 unspecified atom stereocenters. The standard InChI is InChI=1S/C14H20N2O4S/c1-9(8-20-2)7-15-14(19)16-5-3-11-10(4-6-21-11)12(16)13(17)18/h4,6,9,12H,3,5,7-8H2,1-2H3,(H,15,19)(H,17,18). The summed E-state index contributed by atoms with van der Waals surface area (Å²) in [6.07, 6.45) is 0.706. The number of rotatable bonds is 5. The molecule has 0 bridgehead atoms. The molecule has 0 saturated carbocycles. The van der Waals surface area contributed by atoms with Crippen LogP contribution in [0, 0.1) is 5.92 Å². The van der Waals surface area contributed by atoms with Gasteiger partial charge in [-0.3, -0.25) is 0 Å². The zero-order valence-electron chi connectivity index (χ0n) is 12.2. The second kappa shape index (κ2) is 6.91. The van der Waals surface area contributed by atoms with Crippen molar-refractivity contribution in [3.63, 3.8) is 0 Å². The van der Waals surface area contributed by atoms with Gasteiger partial charge in [0.25, 0.3) is 0 Å². The Morgan fingerprint density at radius 3 is 3.05 bits per heavy atom. The van der Waals surface area contributed by atoms with Crippen LogP contribution in [0.3, 0.4) is 0 Å². The minimum absolute atomic E-state index is 0.184. The van der Waals surface area contributed by atoms with Crippen molar-refractivity contribution in [1.82, 2.24) is 10.2 Å². The number of carbonyl (C=O) groups excluding carboxylic acids is 1. The average molecular weight is 312 g/mol. The third kappa shape index (κ3) is 3.54. The molecule has 0 fully saturated rings. The number of carboxylic acids is 1. The molecule has 116 valence electrons. The maximum Gasteiger partial charge on any atom is 0.331 e. The summed E-state index contributed by atoms with van der Waals surface area (Å²) < 4.78 is 5.02. The smallest absolute Gasteiger partial charge is 0.331 e. The molecule has 2 N–H and O–H groups in total. The van der Waals surface area contributed by atoms with E-state index in [1.165, 1.54) is 4.90 Å². The molecule has 1 aromatic rings. The zero-order valence-corrected chi connectivity index (χ0v) is 13.0. The van der Waals surface area contributed by atoms with Gasteiger partial charge in [0.2, 0.25) is 0 Å². The monoisotopic (exact) mass is 312 g/mol. The largest absolute Gasteiger partial charge is 0.479 e. The van der Waals surface area contributed by atoms with Crippen molar-refractivity contribution in [2.75, 3.05) is 26.8 Å². The molecule has 6 nitrogen and oxygen atoms in total. The fraction of sp³-hybridized carbons (Fsp3) is 0.571. The maximum atomic E-state index is 12.3. The highest BCUT2D eigenvalue weighted by atomic mass is 32.1. The van der Waals surface area contributed by atoms with E-state index < -0.39 is 12.0 Å². The first-order valence-corrected chi connectivity index (χ1v) is 7.75. The van der Waals surface area contributed by atoms with E-state index in [9.17, 15) is 14.7 Å². The van der Waals surface area contributed by atoms with E-state index in [1.807, 2.05) is 12.3 Å². The highest BCUT2D eigenvalue weighted by Gasteiger charge is 2.36. The minimum atomic E-state index is -0.991. The zero-order chi connectivity index (χ0) is 15.4. The SMILES string of the molecule is COCC(C)CNC(=O)N1CCc2sccc2C1C(=O)O. The summed E-state index contributed by atoms with van der Waals surface area (Å²) in [7, 11) is 1.61. The first-order valence-electron chi connectivity index (χ1n) is 6.87. The van der Waals surface area contributed by atoms with Gasteiger partial charge in [-0.15, -0.1) is 11.3 Å². The van der Waals surface area contributed by atoms with Gasteiger partial charge in [-0.2, -0.15) is 0 Å². The van der Waals surface area contributed by atoms with Crippen LogP contribution < -0.4 is 5.32 Å². The van der Waals surface area contributed by atoms with Crippen LogP contribution in [-0.2, 0) is 16.0 Å². The summed E-state index contributed by atoms with van der Waals surface area (Å²) in [4.78, 5) is 26.3. The lowest BCUT2D eigenvalue weighted by atomic mass is 10.0. The van der Waals surface area contributed by atoms with Crippen molar-refractivity contribution >= 4 is 23.3 Å². The van der Waals surface area contributed by atoms with Gasteiger partial charge in [-0.05, 0) is 29.3 Å². The average Bonchev–Trinajstić information content (AvgIpc) is 2.91. The van der Waals surface area contributed by atoms with E-state index >= 15 is 0 Å².